The van der Waals surface area contributed by atoms with Gasteiger partial charge in [0.05, 0.1) is 6.04 Å². The molecule has 0 radical (unpaired) electrons. The van der Waals surface area contributed by atoms with E-state index >= 15 is 0 Å². The van der Waals surface area contributed by atoms with E-state index in [0.717, 1.165) is 13.0 Å². The summed E-state index contributed by atoms with van der Waals surface area (Å²) in [5.41, 5.74) is -1.46. The Bertz CT molecular complexity index is 295. The molecule has 2 N–H and O–H groups in total. The highest BCUT2D eigenvalue weighted by molar-refractivity contribution is 6.28. The third-order valence-corrected chi connectivity index (χ3v) is 3.13. The van der Waals surface area contributed by atoms with Crippen molar-refractivity contribution in [3.8, 4) is 0 Å². The number of carbonyl (C=O) groups is 3. The van der Waals surface area contributed by atoms with Crippen LogP contribution in [0.15, 0.2) is 0 Å². The van der Waals surface area contributed by atoms with Crippen LogP contribution in [0.1, 0.15) is 67.7 Å². The van der Waals surface area contributed by atoms with E-state index in [1.807, 2.05) is 13.8 Å². The van der Waals surface area contributed by atoms with Crippen LogP contribution in [0, 0.1) is 0 Å². The highest BCUT2D eigenvalue weighted by atomic mass is 16.3. The number of carbonyl (C=O) groups excluding carboxylic acids is 3. The number of piperidine rings is 1. The second-order valence-electron chi connectivity index (χ2n) is 4.72. The lowest BCUT2D eigenvalue weighted by atomic mass is 9.99. The van der Waals surface area contributed by atoms with Gasteiger partial charge in [0, 0.05) is 0 Å². The maximum absolute atomic E-state index is 10.7. The van der Waals surface area contributed by atoms with Gasteiger partial charge in [-0.3, -0.25) is 14.4 Å². The van der Waals surface area contributed by atoms with Crippen LogP contribution in [0.25, 0.3) is 0 Å². The SMILES string of the molecule is C.CC.CC(=O)[C@@H]1CCCCN1.CCC(C)(O)C(=O)C=O. The van der Waals surface area contributed by atoms with Crippen molar-refractivity contribution in [2.24, 2.45) is 0 Å². The van der Waals surface area contributed by atoms with Gasteiger partial charge in [0.15, 0.2) is 6.29 Å². The summed E-state index contributed by atoms with van der Waals surface area (Å²) in [4.78, 5) is 31.0. The number of nitrogens with one attached hydrogen (secondary N) is 1. The molecule has 0 saturated carbocycles. The Morgan fingerprint density at radius 1 is 1.33 bits per heavy atom. The van der Waals surface area contributed by atoms with Crippen LogP contribution in [0.5, 0.6) is 0 Å². The van der Waals surface area contributed by atoms with Crippen LogP contribution in [-0.2, 0) is 14.4 Å². The largest absolute Gasteiger partial charge is 0.382 e. The number of rotatable bonds is 4. The Hall–Kier alpha value is -1.07. The zero-order valence-corrected chi connectivity index (χ0v) is 13.4. The molecular weight excluding hydrogens is 270 g/mol. The van der Waals surface area contributed by atoms with Crippen molar-refractivity contribution in [2.45, 2.75) is 79.4 Å². The summed E-state index contributed by atoms with van der Waals surface area (Å²) in [6.07, 6.45) is 3.88. The molecule has 0 aromatic rings. The molecule has 1 fully saturated rings. The van der Waals surface area contributed by atoms with Crippen molar-refractivity contribution in [1.82, 2.24) is 5.32 Å². The van der Waals surface area contributed by atoms with Crippen molar-refractivity contribution >= 4 is 17.9 Å². The normalized spacial score (nSPS) is 19.2. The average molecular weight is 303 g/mol. The minimum Gasteiger partial charge on any atom is -0.382 e. The average Bonchev–Trinajstić information content (AvgIpc) is 2.49. The molecule has 0 bridgehead atoms. The molecule has 1 saturated heterocycles. The summed E-state index contributed by atoms with van der Waals surface area (Å²) in [5, 5.41) is 12.2. The van der Waals surface area contributed by atoms with Crippen molar-refractivity contribution < 1.29 is 19.5 Å². The van der Waals surface area contributed by atoms with Gasteiger partial charge in [-0.25, -0.2) is 0 Å². The van der Waals surface area contributed by atoms with Crippen LogP contribution in [0.2, 0.25) is 0 Å². The molecule has 5 heteroatoms. The minimum atomic E-state index is -1.46. The number of ketones is 2. The summed E-state index contributed by atoms with van der Waals surface area (Å²) >= 11 is 0. The quantitative estimate of drug-likeness (QED) is 0.615. The zero-order chi connectivity index (χ0) is 16.2. The molecule has 21 heavy (non-hydrogen) atoms. The first kappa shape index (κ1) is 24.9. The second kappa shape index (κ2) is 13.9. The third-order valence-electron chi connectivity index (χ3n) is 3.13. The van der Waals surface area contributed by atoms with Gasteiger partial charge in [0.2, 0.25) is 5.78 Å². The number of Topliss-reactive ketones (excluding diaryl/α,β-unsaturated/α-hetero) is 2. The predicted molar refractivity (Wildman–Crippen MR) is 86.4 cm³/mol. The molecular formula is C16H33NO4. The molecule has 0 spiro atoms. The fourth-order valence-electron chi connectivity index (χ4n) is 1.50. The van der Waals surface area contributed by atoms with Crippen molar-refractivity contribution in [1.29, 1.82) is 0 Å². The van der Waals surface area contributed by atoms with E-state index in [9.17, 15) is 14.4 Å². The van der Waals surface area contributed by atoms with Crippen molar-refractivity contribution in [2.75, 3.05) is 6.54 Å². The van der Waals surface area contributed by atoms with Gasteiger partial charge in [-0.2, -0.15) is 0 Å². The monoisotopic (exact) mass is 303 g/mol. The summed E-state index contributed by atoms with van der Waals surface area (Å²) in [6, 6.07) is 0.166. The summed E-state index contributed by atoms with van der Waals surface area (Å²) in [7, 11) is 0. The van der Waals surface area contributed by atoms with Crippen LogP contribution < -0.4 is 5.32 Å². The predicted octanol–water partition coefficient (Wildman–Crippen LogP) is 2.30. The Kier molecular flexibility index (Phi) is 16.5. The van der Waals surface area contributed by atoms with Gasteiger partial charge in [-0.15, -0.1) is 0 Å². The number of aliphatic hydroxyl groups is 1. The van der Waals surface area contributed by atoms with Gasteiger partial charge in [-0.05, 0) is 39.7 Å². The van der Waals surface area contributed by atoms with Crippen molar-refractivity contribution in [3.05, 3.63) is 0 Å². The molecule has 1 aliphatic heterocycles. The Morgan fingerprint density at radius 2 is 1.86 bits per heavy atom. The molecule has 0 aromatic heterocycles. The first-order valence-corrected chi connectivity index (χ1v) is 7.31. The molecule has 0 aliphatic carbocycles. The van der Waals surface area contributed by atoms with Crippen LogP contribution in [0.4, 0.5) is 0 Å². The minimum absolute atomic E-state index is 0. The number of hydrogen-bond acceptors (Lipinski definition) is 5. The molecule has 1 heterocycles. The summed E-state index contributed by atoms with van der Waals surface area (Å²) in [6.45, 7) is 9.64. The first-order valence-electron chi connectivity index (χ1n) is 7.31. The highest BCUT2D eigenvalue weighted by Gasteiger charge is 2.26. The van der Waals surface area contributed by atoms with Gasteiger partial charge in [0.25, 0.3) is 0 Å². The smallest absolute Gasteiger partial charge is 0.226 e. The first-order chi connectivity index (χ1) is 9.35. The molecule has 0 amide bonds. The molecule has 5 nitrogen and oxygen atoms in total. The molecule has 1 aliphatic rings. The van der Waals surface area contributed by atoms with E-state index in [0.29, 0.717) is 0 Å². The van der Waals surface area contributed by atoms with Gasteiger partial charge in [0.1, 0.15) is 11.4 Å². The molecule has 2 atom stereocenters. The van der Waals surface area contributed by atoms with E-state index in [1.54, 1.807) is 13.8 Å². The Morgan fingerprint density at radius 3 is 2.05 bits per heavy atom. The van der Waals surface area contributed by atoms with E-state index in [2.05, 4.69) is 5.32 Å². The van der Waals surface area contributed by atoms with Crippen LogP contribution in [-0.4, -0.2) is 41.1 Å². The molecule has 1 rings (SSSR count). The number of aldehydes is 1. The van der Waals surface area contributed by atoms with Gasteiger partial charge >= 0.3 is 0 Å². The lowest BCUT2D eigenvalue weighted by molar-refractivity contribution is -0.142. The van der Waals surface area contributed by atoms with E-state index in [1.165, 1.54) is 19.8 Å². The molecule has 0 aromatic carbocycles. The van der Waals surface area contributed by atoms with Gasteiger partial charge in [-0.1, -0.05) is 34.6 Å². The fourth-order valence-corrected chi connectivity index (χ4v) is 1.50. The number of hydrogen-bond donors (Lipinski definition) is 2. The maximum Gasteiger partial charge on any atom is 0.226 e. The third kappa shape index (κ3) is 11.3. The lowest BCUT2D eigenvalue weighted by Gasteiger charge is -2.20. The highest BCUT2D eigenvalue weighted by Crippen LogP contribution is 2.07. The van der Waals surface area contributed by atoms with Crippen LogP contribution >= 0.6 is 0 Å². The Labute approximate surface area is 129 Å². The zero-order valence-electron chi connectivity index (χ0n) is 13.4. The standard InChI is InChI=1S/C7H13NO.C6H10O3.C2H6.CH4/c1-6(9)7-4-2-3-5-8-7;1-3-6(2,9)5(8)4-7;1-2;/h7-8H,2-5H2,1H3;4,9H,3H2,1-2H3;1-2H3;1H4/t7-;;;/m0.../s1. The van der Waals surface area contributed by atoms with E-state index in [4.69, 9.17) is 5.11 Å². The second-order valence-corrected chi connectivity index (χ2v) is 4.72. The lowest BCUT2D eigenvalue weighted by Crippen LogP contribution is -2.38. The van der Waals surface area contributed by atoms with Crippen molar-refractivity contribution in [3.63, 3.8) is 0 Å². The topological polar surface area (TPSA) is 83.5 Å². The maximum atomic E-state index is 10.7. The summed E-state index contributed by atoms with van der Waals surface area (Å²) in [5.74, 6) is -0.472. The van der Waals surface area contributed by atoms with E-state index in [-0.39, 0.29) is 32.0 Å². The summed E-state index contributed by atoms with van der Waals surface area (Å²) < 4.78 is 0. The molecule has 126 valence electrons. The van der Waals surface area contributed by atoms with Gasteiger partial charge < -0.3 is 10.4 Å². The molecule has 1 unspecified atom stereocenters. The van der Waals surface area contributed by atoms with Crippen LogP contribution in [0.3, 0.4) is 0 Å². The van der Waals surface area contributed by atoms with E-state index < -0.39 is 11.4 Å². The fraction of sp³-hybridized carbons (Fsp3) is 0.812. The Balaban J connectivity index is -0.000000264.